The molecule has 0 saturated carbocycles. The Bertz CT molecular complexity index is 64.9. The van der Waals surface area contributed by atoms with Gasteiger partial charge in [-0.2, -0.15) is 0 Å². The maximum absolute atomic E-state index is 5.25. The second-order valence-electron chi connectivity index (χ2n) is 2.36. The first-order chi connectivity index (χ1) is 3.80. The van der Waals surface area contributed by atoms with E-state index in [4.69, 9.17) is 4.74 Å². The maximum Gasteiger partial charge on any atom is 0.0501 e. The third kappa shape index (κ3) is 1.58. The molecule has 0 amide bonds. The van der Waals surface area contributed by atoms with Gasteiger partial charge in [-0.3, -0.25) is 0 Å². The van der Waals surface area contributed by atoms with Crippen molar-refractivity contribution in [1.29, 1.82) is 0 Å². The van der Waals surface area contributed by atoms with Crippen LogP contribution in [-0.4, -0.2) is 17.1 Å². The minimum Gasteiger partial charge on any atom is -0.381 e. The second-order valence-corrected chi connectivity index (χ2v) is 3.96. The standard InChI is InChI=1S/C6H11IO/c1-5-4-8-3-2-6(5)7/h5-6H,2-4H2,1H3. The van der Waals surface area contributed by atoms with Gasteiger partial charge in [0.1, 0.15) is 0 Å². The molecule has 48 valence electrons. The van der Waals surface area contributed by atoms with Crippen molar-refractivity contribution in [3.05, 3.63) is 0 Å². The van der Waals surface area contributed by atoms with Crippen LogP contribution in [0.4, 0.5) is 0 Å². The van der Waals surface area contributed by atoms with Crippen molar-refractivity contribution in [2.75, 3.05) is 13.2 Å². The summed E-state index contributed by atoms with van der Waals surface area (Å²) >= 11 is 2.50. The van der Waals surface area contributed by atoms with E-state index in [2.05, 4.69) is 29.5 Å². The molecular formula is C6H11IO. The van der Waals surface area contributed by atoms with Gasteiger partial charge in [-0.05, 0) is 12.3 Å². The largest absolute Gasteiger partial charge is 0.381 e. The zero-order chi connectivity index (χ0) is 5.98. The summed E-state index contributed by atoms with van der Waals surface area (Å²) in [5.41, 5.74) is 0. The number of halogens is 1. The highest BCUT2D eigenvalue weighted by Gasteiger charge is 2.17. The van der Waals surface area contributed by atoms with Crippen molar-refractivity contribution in [1.82, 2.24) is 0 Å². The molecule has 0 aromatic rings. The summed E-state index contributed by atoms with van der Waals surface area (Å²) in [6.07, 6.45) is 1.24. The van der Waals surface area contributed by atoms with Crippen molar-refractivity contribution in [3.8, 4) is 0 Å². The van der Waals surface area contributed by atoms with Gasteiger partial charge in [-0.25, -0.2) is 0 Å². The molecule has 0 spiro atoms. The van der Waals surface area contributed by atoms with Crippen LogP contribution < -0.4 is 0 Å². The van der Waals surface area contributed by atoms with Gasteiger partial charge in [0.2, 0.25) is 0 Å². The summed E-state index contributed by atoms with van der Waals surface area (Å²) in [7, 11) is 0. The lowest BCUT2D eigenvalue weighted by Gasteiger charge is -2.23. The first-order valence-corrected chi connectivity index (χ1v) is 4.27. The molecule has 1 saturated heterocycles. The summed E-state index contributed by atoms with van der Waals surface area (Å²) in [6.45, 7) is 4.18. The molecule has 0 aromatic heterocycles. The second kappa shape index (κ2) is 3.01. The summed E-state index contributed by atoms with van der Waals surface area (Å²) in [5.74, 6) is 0.768. The van der Waals surface area contributed by atoms with E-state index < -0.39 is 0 Å². The van der Waals surface area contributed by atoms with Gasteiger partial charge in [-0.1, -0.05) is 29.5 Å². The van der Waals surface area contributed by atoms with Gasteiger partial charge in [0.05, 0.1) is 6.61 Å². The van der Waals surface area contributed by atoms with E-state index in [0.29, 0.717) is 0 Å². The SMILES string of the molecule is CC1COCCC1I. The molecule has 1 fully saturated rings. The summed E-state index contributed by atoms with van der Waals surface area (Å²) in [6, 6.07) is 0. The Hall–Kier alpha value is 0.690. The van der Waals surface area contributed by atoms with Crippen molar-refractivity contribution in [2.24, 2.45) is 5.92 Å². The van der Waals surface area contributed by atoms with Crippen LogP contribution >= 0.6 is 22.6 Å². The molecule has 0 N–H and O–H groups in total. The van der Waals surface area contributed by atoms with Gasteiger partial charge >= 0.3 is 0 Å². The van der Waals surface area contributed by atoms with E-state index in [9.17, 15) is 0 Å². The van der Waals surface area contributed by atoms with Crippen LogP contribution in [0.3, 0.4) is 0 Å². The zero-order valence-corrected chi connectivity index (χ0v) is 7.22. The Morgan fingerprint density at radius 2 is 2.38 bits per heavy atom. The Morgan fingerprint density at radius 3 is 2.75 bits per heavy atom. The molecule has 1 nitrogen and oxygen atoms in total. The fourth-order valence-corrected chi connectivity index (χ4v) is 1.32. The van der Waals surface area contributed by atoms with E-state index in [1.165, 1.54) is 6.42 Å². The minimum absolute atomic E-state index is 0.768. The highest BCUT2D eigenvalue weighted by Crippen LogP contribution is 2.21. The third-order valence-corrected chi connectivity index (χ3v) is 3.39. The van der Waals surface area contributed by atoms with Crippen LogP contribution in [0.25, 0.3) is 0 Å². The van der Waals surface area contributed by atoms with Crippen molar-refractivity contribution < 1.29 is 4.74 Å². The van der Waals surface area contributed by atoms with Crippen LogP contribution in [0, 0.1) is 5.92 Å². The molecule has 2 heteroatoms. The summed E-state index contributed by atoms with van der Waals surface area (Å²) in [4.78, 5) is 0. The molecule has 0 aliphatic carbocycles. The van der Waals surface area contributed by atoms with Crippen LogP contribution in [0.1, 0.15) is 13.3 Å². The topological polar surface area (TPSA) is 9.23 Å². The first kappa shape index (κ1) is 6.81. The van der Waals surface area contributed by atoms with E-state index in [-0.39, 0.29) is 0 Å². The lowest BCUT2D eigenvalue weighted by Crippen LogP contribution is -2.24. The molecule has 8 heavy (non-hydrogen) atoms. The van der Waals surface area contributed by atoms with Crippen LogP contribution in [0.2, 0.25) is 0 Å². The lowest BCUT2D eigenvalue weighted by atomic mass is 10.1. The van der Waals surface area contributed by atoms with Crippen LogP contribution in [0.5, 0.6) is 0 Å². The molecular weight excluding hydrogens is 215 g/mol. The Balaban J connectivity index is 2.28. The average molecular weight is 226 g/mol. The summed E-state index contributed by atoms with van der Waals surface area (Å²) in [5, 5.41) is 0. The molecule has 0 aromatic carbocycles. The zero-order valence-electron chi connectivity index (χ0n) is 5.06. The first-order valence-electron chi connectivity index (χ1n) is 3.02. The van der Waals surface area contributed by atoms with Crippen molar-refractivity contribution >= 4 is 22.6 Å². The predicted molar refractivity (Wildman–Crippen MR) is 42.4 cm³/mol. The molecule has 1 heterocycles. The van der Waals surface area contributed by atoms with Gasteiger partial charge in [0.15, 0.2) is 0 Å². The third-order valence-electron chi connectivity index (χ3n) is 1.54. The quantitative estimate of drug-likeness (QED) is 0.452. The molecule has 2 atom stereocenters. The lowest BCUT2D eigenvalue weighted by molar-refractivity contribution is 0.0687. The minimum atomic E-state index is 0.768. The van der Waals surface area contributed by atoms with E-state index in [1.807, 2.05) is 0 Å². The van der Waals surface area contributed by atoms with Crippen LogP contribution in [-0.2, 0) is 4.74 Å². The van der Waals surface area contributed by atoms with Crippen LogP contribution in [0.15, 0.2) is 0 Å². The predicted octanol–water partition coefficient (Wildman–Crippen LogP) is 1.85. The number of hydrogen-bond acceptors (Lipinski definition) is 1. The van der Waals surface area contributed by atoms with E-state index in [0.717, 1.165) is 23.1 Å². The van der Waals surface area contributed by atoms with E-state index >= 15 is 0 Å². The Kier molecular flexibility index (Phi) is 2.56. The molecule has 0 bridgehead atoms. The van der Waals surface area contributed by atoms with Gasteiger partial charge in [0.25, 0.3) is 0 Å². The van der Waals surface area contributed by atoms with Crippen molar-refractivity contribution in [2.45, 2.75) is 17.3 Å². The highest BCUT2D eigenvalue weighted by atomic mass is 127. The van der Waals surface area contributed by atoms with Gasteiger partial charge < -0.3 is 4.74 Å². The molecule has 1 rings (SSSR count). The molecule has 0 radical (unpaired) electrons. The Labute approximate surface area is 63.9 Å². The van der Waals surface area contributed by atoms with Crippen molar-refractivity contribution in [3.63, 3.8) is 0 Å². The average Bonchev–Trinajstić information content (AvgIpc) is 1.77. The smallest absolute Gasteiger partial charge is 0.0501 e. The molecule has 2 unspecified atom stereocenters. The normalized spacial score (nSPS) is 39.8. The maximum atomic E-state index is 5.25. The fourth-order valence-electron chi connectivity index (χ4n) is 0.854. The fraction of sp³-hybridized carbons (Fsp3) is 1.00. The number of ether oxygens (including phenoxy) is 1. The van der Waals surface area contributed by atoms with Gasteiger partial charge in [-0.15, -0.1) is 0 Å². The number of hydrogen-bond donors (Lipinski definition) is 0. The van der Waals surface area contributed by atoms with Gasteiger partial charge in [0, 0.05) is 10.5 Å². The molecule has 1 aliphatic rings. The molecule has 1 aliphatic heterocycles. The monoisotopic (exact) mass is 226 g/mol. The van der Waals surface area contributed by atoms with E-state index in [1.54, 1.807) is 0 Å². The number of alkyl halides is 1. The Morgan fingerprint density at radius 1 is 1.62 bits per heavy atom. The number of rotatable bonds is 0. The highest BCUT2D eigenvalue weighted by molar-refractivity contribution is 14.1. The summed E-state index contributed by atoms with van der Waals surface area (Å²) < 4.78 is 6.10.